The van der Waals surface area contributed by atoms with Gasteiger partial charge in [-0.25, -0.2) is 5.06 Å². The first-order valence-corrected chi connectivity index (χ1v) is 11.6. The van der Waals surface area contributed by atoms with Gasteiger partial charge >= 0.3 is 0 Å². The van der Waals surface area contributed by atoms with Crippen molar-refractivity contribution in [2.45, 2.75) is 57.8 Å². The van der Waals surface area contributed by atoms with Crippen LogP contribution in [0.2, 0.25) is 0 Å². The molecular formula is C22H35N7OS. The number of nitrogens with zero attached hydrogens (tertiary/aromatic N) is 5. The van der Waals surface area contributed by atoms with E-state index < -0.39 is 0 Å². The van der Waals surface area contributed by atoms with Gasteiger partial charge in [-0.05, 0) is 56.0 Å². The van der Waals surface area contributed by atoms with Crippen LogP contribution in [0.15, 0.2) is 29.5 Å². The van der Waals surface area contributed by atoms with Gasteiger partial charge in [0.1, 0.15) is 0 Å². The number of pyridine rings is 1. The minimum absolute atomic E-state index is 0.204. The van der Waals surface area contributed by atoms with Gasteiger partial charge < -0.3 is 16.0 Å². The summed E-state index contributed by atoms with van der Waals surface area (Å²) in [5.41, 5.74) is 6.86. The molecule has 3 N–H and O–H groups in total. The van der Waals surface area contributed by atoms with Gasteiger partial charge in [0, 0.05) is 38.2 Å². The van der Waals surface area contributed by atoms with Crippen LogP contribution in [-0.4, -0.2) is 47.9 Å². The monoisotopic (exact) mass is 445 g/mol. The fraction of sp³-hybridized carbons (Fsp3) is 0.636. The molecule has 9 heteroatoms. The lowest BCUT2D eigenvalue weighted by molar-refractivity contribution is -0.117. The number of hydroxylamine groups is 2. The predicted octanol–water partition coefficient (Wildman–Crippen LogP) is 3.56. The fourth-order valence-electron chi connectivity index (χ4n) is 3.79. The van der Waals surface area contributed by atoms with E-state index >= 15 is 0 Å². The second-order valence-electron chi connectivity index (χ2n) is 7.80. The number of anilines is 1. The Morgan fingerprint density at radius 3 is 2.55 bits per heavy atom. The number of thiocarbonyl (C=S) groups is 1. The summed E-state index contributed by atoms with van der Waals surface area (Å²) in [5.74, 6) is 0.853. The SMILES string of the molecule is CNC(=S)N(CCCCCCN(C(N)=NC#N)c1ccncc1)OCC1CCCCC1. The maximum absolute atomic E-state index is 8.83. The van der Waals surface area contributed by atoms with Crippen molar-refractivity contribution in [2.75, 3.05) is 31.6 Å². The van der Waals surface area contributed by atoms with Crippen molar-refractivity contribution in [1.29, 1.82) is 5.26 Å². The van der Waals surface area contributed by atoms with Crippen molar-refractivity contribution in [3.05, 3.63) is 24.5 Å². The minimum Gasteiger partial charge on any atom is -0.369 e. The summed E-state index contributed by atoms with van der Waals surface area (Å²) < 4.78 is 0. The van der Waals surface area contributed by atoms with E-state index in [4.69, 9.17) is 28.1 Å². The van der Waals surface area contributed by atoms with Crippen molar-refractivity contribution in [2.24, 2.45) is 16.6 Å². The van der Waals surface area contributed by atoms with Gasteiger partial charge in [-0.1, -0.05) is 32.1 Å². The van der Waals surface area contributed by atoms with Crippen LogP contribution in [0.1, 0.15) is 57.8 Å². The van der Waals surface area contributed by atoms with E-state index in [0.717, 1.165) is 44.5 Å². The number of guanidine groups is 1. The number of nitrogens with two attached hydrogens (primary N) is 1. The molecule has 1 aliphatic rings. The van der Waals surface area contributed by atoms with Gasteiger partial charge in [0.15, 0.2) is 5.11 Å². The second kappa shape index (κ2) is 14.5. The lowest BCUT2D eigenvalue weighted by Crippen LogP contribution is -2.39. The number of hydrogen-bond donors (Lipinski definition) is 2. The summed E-state index contributed by atoms with van der Waals surface area (Å²) in [5, 5.41) is 14.3. The molecule has 0 saturated heterocycles. The molecule has 1 aromatic rings. The van der Waals surface area contributed by atoms with Gasteiger partial charge in [0.25, 0.3) is 0 Å². The van der Waals surface area contributed by atoms with E-state index in [9.17, 15) is 0 Å². The molecule has 0 amide bonds. The molecule has 31 heavy (non-hydrogen) atoms. The Morgan fingerprint density at radius 1 is 1.23 bits per heavy atom. The Balaban J connectivity index is 1.72. The van der Waals surface area contributed by atoms with Crippen molar-refractivity contribution in [3.8, 4) is 6.19 Å². The summed E-state index contributed by atoms with van der Waals surface area (Å²) in [7, 11) is 1.83. The zero-order chi connectivity index (χ0) is 22.3. The van der Waals surface area contributed by atoms with Gasteiger partial charge in [-0.2, -0.15) is 5.26 Å². The maximum atomic E-state index is 8.83. The highest BCUT2D eigenvalue weighted by Crippen LogP contribution is 2.24. The van der Waals surface area contributed by atoms with Crippen LogP contribution >= 0.6 is 12.2 Å². The van der Waals surface area contributed by atoms with Crippen LogP contribution in [0.4, 0.5) is 5.69 Å². The van der Waals surface area contributed by atoms with E-state index in [1.807, 2.05) is 29.1 Å². The Labute approximate surface area is 191 Å². The first-order valence-electron chi connectivity index (χ1n) is 11.2. The third kappa shape index (κ3) is 9.07. The number of aliphatic imine (C=N–C) groups is 1. The first kappa shape index (κ1) is 24.8. The van der Waals surface area contributed by atoms with E-state index in [1.54, 1.807) is 18.6 Å². The van der Waals surface area contributed by atoms with Crippen LogP contribution in [0.3, 0.4) is 0 Å². The van der Waals surface area contributed by atoms with Crippen molar-refractivity contribution < 1.29 is 4.84 Å². The molecule has 1 aromatic heterocycles. The van der Waals surface area contributed by atoms with E-state index in [-0.39, 0.29) is 5.96 Å². The summed E-state index contributed by atoms with van der Waals surface area (Å²) in [6.07, 6.45) is 15.7. The van der Waals surface area contributed by atoms with E-state index in [0.29, 0.717) is 17.6 Å². The van der Waals surface area contributed by atoms with Crippen LogP contribution in [-0.2, 0) is 4.84 Å². The van der Waals surface area contributed by atoms with Crippen molar-refractivity contribution in [1.82, 2.24) is 15.4 Å². The average molecular weight is 446 g/mol. The highest BCUT2D eigenvalue weighted by molar-refractivity contribution is 7.80. The van der Waals surface area contributed by atoms with Gasteiger partial charge in [-0.3, -0.25) is 9.82 Å². The summed E-state index contributed by atoms with van der Waals surface area (Å²) in [4.78, 5) is 15.6. The fourth-order valence-corrected chi connectivity index (χ4v) is 3.93. The molecule has 1 aliphatic carbocycles. The Kier molecular flexibility index (Phi) is 11.6. The van der Waals surface area contributed by atoms with Crippen LogP contribution in [0, 0.1) is 17.4 Å². The zero-order valence-electron chi connectivity index (χ0n) is 18.5. The Hall–Kier alpha value is -2.44. The molecule has 0 aromatic carbocycles. The molecule has 0 bridgehead atoms. The number of nitriles is 1. The number of unbranched alkanes of at least 4 members (excludes halogenated alkanes) is 3. The molecule has 0 unspecified atom stereocenters. The molecule has 2 rings (SSSR count). The summed E-state index contributed by atoms with van der Waals surface area (Å²) >= 11 is 5.41. The third-order valence-electron chi connectivity index (χ3n) is 5.54. The Bertz CT molecular complexity index is 716. The van der Waals surface area contributed by atoms with E-state index in [1.165, 1.54) is 32.1 Å². The standard InChI is InChI=1S/C22H35N7OS/c1-25-22(31)29(30-17-19-9-5-4-6-10-19)16-8-3-2-7-15-28(21(24)27-18-23)20-11-13-26-14-12-20/h11-14,19H,2-10,15-17H2,1H3,(H2,24,27)(H,25,31). The molecule has 0 spiro atoms. The van der Waals surface area contributed by atoms with Crippen LogP contribution < -0.4 is 16.0 Å². The topological polar surface area (TPSA) is 103 Å². The summed E-state index contributed by atoms with van der Waals surface area (Å²) in [6, 6.07) is 3.72. The van der Waals surface area contributed by atoms with Crippen LogP contribution in [0.25, 0.3) is 0 Å². The smallest absolute Gasteiger partial charge is 0.211 e. The highest BCUT2D eigenvalue weighted by Gasteiger charge is 2.17. The highest BCUT2D eigenvalue weighted by atomic mass is 32.1. The number of aromatic nitrogens is 1. The van der Waals surface area contributed by atoms with Crippen molar-refractivity contribution in [3.63, 3.8) is 0 Å². The Morgan fingerprint density at radius 2 is 1.90 bits per heavy atom. The first-order chi connectivity index (χ1) is 15.2. The maximum Gasteiger partial charge on any atom is 0.211 e. The average Bonchev–Trinajstić information content (AvgIpc) is 2.81. The molecule has 1 saturated carbocycles. The van der Waals surface area contributed by atoms with Gasteiger partial charge in [-0.15, -0.1) is 4.99 Å². The van der Waals surface area contributed by atoms with Crippen LogP contribution in [0.5, 0.6) is 0 Å². The molecule has 170 valence electrons. The number of nitrogens with one attached hydrogen (secondary N) is 1. The quantitative estimate of drug-likeness (QED) is 0.133. The predicted molar refractivity (Wildman–Crippen MR) is 128 cm³/mol. The molecule has 0 atom stereocenters. The van der Waals surface area contributed by atoms with Crippen molar-refractivity contribution >= 4 is 29.0 Å². The normalized spacial score (nSPS) is 14.6. The number of rotatable bonds is 11. The molecular weight excluding hydrogens is 410 g/mol. The lowest BCUT2D eigenvalue weighted by atomic mass is 9.90. The third-order valence-corrected chi connectivity index (χ3v) is 5.95. The number of hydrogen-bond acceptors (Lipinski definition) is 5. The molecule has 0 aliphatic heterocycles. The molecule has 8 nitrogen and oxygen atoms in total. The molecule has 1 heterocycles. The minimum atomic E-state index is 0.204. The summed E-state index contributed by atoms with van der Waals surface area (Å²) in [6.45, 7) is 2.22. The zero-order valence-corrected chi connectivity index (χ0v) is 19.3. The largest absolute Gasteiger partial charge is 0.369 e. The van der Waals surface area contributed by atoms with E-state index in [2.05, 4.69) is 15.3 Å². The van der Waals surface area contributed by atoms with Gasteiger partial charge in [0.05, 0.1) is 6.61 Å². The van der Waals surface area contributed by atoms with Gasteiger partial charge in [0.2, 0.25) is 12.2 Å². The molecule has 0 radical (unpaired) electrons. The lowest BCUT2D eigenvalue weighted by Gasteiger charge is -2.28. The second-order valence-corrected chi connectivity index (χ2v) is 8.19. The molecule has 1 fully saturated rings.